The van der Waals surface area contributed by atoms with Crippen LogP contribution in [0.1, 0.15) is 24.8 Å². The fourth-order valence-electron chi connectivity index (χ4n) is 3.14. The van der Waals surface area contributed by atoms with Gasteiger partial charge in [-0.25, -0.2) is 0 Å². The zero-order chi connectivity index (χ0) is 12.5. The lowest BCUT2D eigenvalue weighted by molar-refractivity contribution is 0.0256. The highest BCUT2D eigenvalue weighted by molar-refractivity contribution is 6.31. The Hall–Kier alpha value is -0.440. The van der Waals surface area contributed by atoms with E-state index in [1.165, 1.54) is 24.9 Å². The van der Waals surface area contributed by atoms with Crippen LogP contribution in [0.2, 0.25) is 5.02 Å². The molecule has 2 aliphatic rings. The van der Waals surface area contributed by atoms with Gasteiger partial charge in [-0.3, -0.25) is 0 Å². The van der Waals surface area contributed by atoms with Crippen molar-refractivity contribution < 1.29 is 4.74 Å². The summed E-state index contributed by atoms with van der Waals surface area (Å²) in [5.74, 6) is 0.529. The quantitative estimate of drug-likeness (QED) is 0.766. The molecule has 0 spiro atoms. The van der Waals surface area contributed by atoms with Crippen molar-refractivity contribution in [2.75, 3.05) is 18.1 Å². The van der Waals surface area contributed by atoms with Gasteiger partial charge in [0.25, 0.3) is 0 Å². The Labute approximate surface area is 118 Å². The van der Waals surface area contributed by atoms with Crippen molar-refractivity contribution >= 4 is 28.9 Å². The van der Waals surface area contributed by atoms with E-state index in [-0.39, 0.29) is 0 Å². The number of rotatable bonds is 2. The molecule has 3 rings (SSSR count). The largest absolute Gasteiger partial charge is 0.374 e. The highest BCUT2D eigenvalue weighted by Gasteiger charge is 2.36. The Bertz CT molecular complexity index is 438. The monoisotopic (exact) mass is 285 g/mol. The molecule has 0 radical (unpaired) electrons. The van der Waals surface area contributed by atoms with E-state index in [1.807, 2.05) is 18.2 Å². The van der Waals surface area contributed by atoms with Gasteiger partial charge < -0.3 is 9.64 Å². The third-order valence-electron chi connectivity index (χ3n) is 3.98. The summed E-state index contributed by atoms with van der Waals surface area (Å²) >= 11 is 12.2. The van der Waals surface area contributed by atoms with Crippen LogP contribution in [0, 0.1) is 0 Å². The summed E-state index contributed by atoms with van der Waals surface area (Å²) < 4.78 is 5.85. The molecule has 1 aromatic rings. The van der Waals surface area contributed by atoms with Crippen molar-refractivity contribution in [3.63, 3.8) is 0 Å². The topological polar surface area (TPSA) is 12.5 Å². The van der Waals surface area contributed by atoms with Crippen molar-refractivity contribution in [1.29, 1.82) is 0 Å². The Morgan fingerprint density at radius 3 is 3.06 bits per heavy atom. The van der Waals surface area contributed by atoms with Crippen LogP contribution in [0.4, 0.5) is 5.69 Å². The maximum absolute atomic E-state index is 6.13. The van der Waals surface area contributed by atoms with Gasteiger partial charge in [0.1, 0.15) is 0 Å². The van der Waals surface area contributed by atoms with E-state index in [9.17, 15) is 0 Å². The molecule has 0 N–H and O–H groups in total. The third-order valence-corrected chi connectivity index (χ3v) is 4.51. The van der Waals surface area contributed by atoms with Crippen molar-refractivity contribution in [2.24, 2.45) is 0 Å². The summed E-state index contributed by atoms with van der Waals surface area (Å²) in [5.41, 5.74) is 2.35. The molecule has 4 heteroatoms. The van der Waals surface area contributed by atoms with Gasteiger partial charge in [0.15, 0.2) is 0 Å². The molecule has 1 aliphatic heterocycles. The van der Waals surface area contributed by atoms with Crippen LogP contribution in [-0.4, -0.2) is 25.3 Å². The molecule has 0 amide bonds. The van der Waals surface area contributed by atoms with Gasteiger partial charge in [0.05, 0.1) is 18.8 Å². The maximum atomic E-state index is 6.13. The lowest BCUT2D eigenvalue weighted by Gasteiger charge is -2.40. The van der Waals surface area contributed by atoms with Crippen LogP contribution < -0.4 is 4.90 Å². The van der Waals surface area contributed by atoms with E-state index in [2.05, 4.69) is 4.90 Å². The fraction of sp³-hybridized carbons (Fsp3) is 0.571. The van der Waals surface area contributed by atoms with Crippen LogP contribution in [0.5, 0.6) is 0 Å². The van der Waals surface area contributed by atoms with Gasteiger partial charge in [0, 0.05) is 23.1 Å². The number of hydrogen-bond acceptors (Lipinski definition) is 2. The molecule has 2 unspecified atom stereocenters. The number of hydrogen-bond donors (Lipinski definition) is 0. The number of nitrogens with zero attached hydrogens (tertiary/aromatic N) is 1. The first-order chi connectivity index (χ1) is 8.79. The first kappa shape index (κ1) is 12.6. The van der Waals surface area contributed by atoms with Crippen molar-refractivity contribution in [3.05, 3.63) is 28.8 Å². The Morgan fingerprint density at radius 2 is 2.22 bits per heavy atom. The number of anilines is 1. The maximum Gasteiger partial charge on any atom is 0.0779 e. The summed E-state index contributed by atoms with van der Waals surface area (Å²) in [5, 5.41) is 0.778. The van der Waals surface area contributed by atoms with Crippen LogP contribution in [-0.2, 0) is 10.6 Å². The second-order valence-electron chi connectivity index (χ2n) is 5.01. The Kier molecular flexibility index (Phi) is 3.69. The first-order valence-corrected chi connectivity index (χ1v) is 7.43. The minimum Gasteiger partial charge on any atom is -0.374 e. The second kappa shape index (κ2) is 5.28. The van der Waals surface area contributed by atoms with E-state index in [0.717, 1.165) is 23.7 Å². The average molecular weight is 286 g/mol. The minimum absolute atomic E-state index is 0.390. The lowest BCUT2D eigenvalue weighted by Crippen LogP contribution is -2.49. The molecule has 98 valence electrons. The van der Waals surface area contributed by atoms with Crippen molar-refractivity contribution in [3.8, 4) is 0 Å². The molecule has 2 nitrogen and oxygen atoms in total. The smallest absolute Gasteiger partial charge is 0.0779 e. The van der Waals surface area contributed by atoms with E-state index < -0.39 is 0 Å². The highest BCUT2D eigenvalue weighted by Crippen LogP contribution is 2.36. The molecule has 18 heavy (non-hydrogen) atoms. The fourth-order valence-corrected chi connectivity index (χ4v) is 3.53. The number of ether oxygens (including phenoxy) is 1. The average Bonchev–Trinajstić information content (AvgIpc) is 2.86. The van der Waals surface area contributed by atoms with E-state index >= 15 is 0 Å². The molecule has 0 aromatic heterocycles. The predicted molar refractivity (Wildman–Crippen MR) is 75.7 cm³/mol. The van der Waals surface area contributed by atoms with Gasteiger partial charge in [-0.05, 0) is 37.0 Å². The van der Waals surface area contributed by atoms with Gasteiger partial charge >= 0.3 is 0 Å². The molecule has 2 fully saturated rings. The van der Waals surface area contributed by atoms with E-state index in [4.69, 9.17) is 27.9 Å². The summed E-state index contributed by atoms with van der Waals surface area (Å²) in [6, 6.07) is 6.48. The standard InChI is InChI=1S/C14H17Cl2NO/c15-9-10-4-5-11(16)8-13(10)17-6-7-18-14-3-1-2-12(14)17/h4-5,8,12,14H,1-3,6-7,9H2. The number of morpholine rings is 1. The van der Waals surface area contributed by atoms with Crippen LogP contribution in [0.3, 0.4) is 0 Å². The molecule has 2 atom stereocenters. The highest BCUT2D eigenvalue weighted by atomic mass is 35.5. The third kappa shape index (κ3) is 2.22. The molecule has 1 aromatic carbocycles. The molecule has 1 heterocycles. The zero-order valence-electron chi connectivity index (χ0n) is 10.2. The predicted octanol–water partition coefficient (Wildman–Crippen LogP) is 3.84. The Balaban J connectivity index is 1.95. The van der Waals surface area contributed by atoms with E-state index in [1.54, 1.807) is 0 Å². The lowest BCUT2D eigenvalue weighted by atomic mass is 10.1. The summed E-state index contributed by atoms with van der Waals surface area (Å²) in [6.45, 7) is 1.74. The minimum atomic E-state index is 0.390. The van der Waals surface area contributed by atoms with Gasteiger partial charge in [-0.2, -0.15) is 0 Å². The number of fused-ring (bicyclic) bond motifs is 1. The Morgan fingerprint density at radius 1 is 1.33 bits per heavy atom. The molecule has 0 bridgehead atoms. The first-order valence-electron chi connectivity index (χ1n) is 6.52. The van der Waals surface area contributed by atoms with Crippen molar-refractivity contribution in [2.45, 2.75) is 37.3 Å². The van der Waals surface area contributed by atoms with Crippen LogP contribution in [0.15, 0.2) is 18.2 Å². The summed E-state index contributed by atoms with van der Waals surface area (Å²) in [7, 11) is 0. The van der Waals surface area contributed by atoms with Crippen LogP contribution >= 0.6 is 23.2 Å². The normalized spacial score (nSPS) is 27.3. The number of alkyl halides is 1. The van der Waals surface area contributed by atoms with Gasteiger partial charge in [-0.1, -0.05) is 17.7 Å². The van der Waals surface area contributed by atoms with E-state index in [0.29, 0.717) is 18.0 Å². The van der Waals surface area contributed by atoms with Crippen molar-refractivity contribution in [1.82, 2.24) is 0 Å². The van der Waals surface area contributed by atoms with Gasteiger partial charge in [-0.15, -0.1) is 11.6 Å². The molecule has 1 saturated heterocycles. The molecule has 1 aliphatic carbocycles. The molecule has 1 saturated carbocycles. The molecular weight excluding hydrogens is 269 g/mol. The SMILES string of the molecule is ClCc1ccc(Cl)cc1N1CCOC2CCCC21. The van der Waals surface area contributed by atoms with Crippen LogP contribution in [0.25, 0.3) is 0 Å². The zero-order valence-corrected chi connectivity index (χ0v) is 11.8. The molecular formula is C14H17Cl2NO. The van der Waals surface area contributed by atoms with Gasteiger partial charge in [0.2, 0.25) is 0 Å². The number of benzene rings is 1. The second-order valence-corrected chi connectivity index (χ2v) is 5.71. The summed E-state index contributed by atoms with van der Waals surface area (Å²) in [6.07, 6.45) is 4.03. The number of halogens is 2. The summed E-state index contributed by atoms with van der Waals surface area (Å²) in [4.78, 5) is 2.45.